The van der Waals surface area contributed by atoms with Crippen LogP contribution < -0.4 is 5.32 Å². The molecule has 1 amide bonds. The second-order valence-electron chi connectivity index (χ2n) is 3.76. The van der Waals surface area contributed by atoms with Crippen molar-refractivity contribution in [2.45, 2.75) is 18.6 Å². The minimum absolute atomic E-state index is 0.227. The standard InChI is InChI=1S/C11H21NO6S/c1-17-3-4-18-6-9(14)7-19-5-2-10(11(15)16)12-8-13/h8-10,14H,2-7H2,1H3,(H,12,13)(H,15,16). The number of carbonyl (C=O) groups excluding carboxylic acids is 1. The Balaban J connectivity index is 3.55. The molecule has 19 heavy (non-hydrogen) atoms. The first-order valence-corrected chi connectivity index (χ1v) is 7.02. The molecule has 112 valence electrons. The molecule has 0 fully saturated rings. The Hall–Kier alpha value is -0.830. The SMILES string of the molecule is COCCOCC(O)CSCCC(NC=O)C(=O)O. The summed E-state index contributed by atoms with van der Waals surface area (Å²) in [7, 11) is 1.57. The number of aliphatic hydroxyl groups is 1. The molecule has 0 bridgehead atoms. The van der Waals surface area contributed by atoms with Crippen LogP contribution in [0.3, 0.4) is 0 Å². The van der Waals surface area contributed by atoms with E-state index in [1.54, 1.807) is 7.11 Å². The number of ether oxygens (including phenoxy) is 2. The van der Waals surface area contributed by atoms with Gasteiger partial charge in [0.15, 0.2) is 0 Å². The number of carboxylic acid groups (broad SMARTS) is 1. The smallest absolute Gasteiger partial charge is 0.326 e. The first-order valence-electron chi connectivity index (χ1n) is 5.86. The fourth-order valence-electron chi connectivity index (χ4n) is 1.19. The van der Waals surface area contributed by atoms with E-state index in [4.69, 9.17) is 14.6 Å². The highest BCUT2D eigenvalue weighted by Gasteiger charge is 2.15. The van der Waals surface area contributed by atoms with Gasteiger partial charge in [-0.05, 0) is 12.2 Å². The predicted molar refractivity (Wildman–Crippen MR) is 71.3 cm³/mol. The van der Waals surface area contributed by atoms with Gasteiger partial charge >= 0.3 is 5.97 Å². The number of aliphatic carboxylic acids is 1. The third-order valence-corrected chi connectivity index (χ3v) is 3.32. The van der Waals surface area contributed by atoms with E-state index in [1.807, 2.05) is 0 Å². The molecule has 0 radical (unpaired) electrons. The van der Waals surface area contributed by atoms with E-state index in [0.29, 0.717) is 37.6 Å². The number of carbonyl (C=O) groups is 2. The first kappa shape index (κ1) is 18.2. The maximum Gasteiger partial charge on any atom is 0.326 e. The van der Waals surface area contributed by atoms with Gasteiger partial charge in [0.2, 0.25) is 6.41 Å². The highest BCUT2D eigenvalue weighted by molar-refractivity contribution is 7.99. The molecular weight excluding hydrogens is 274 g/mol. The van der Waals surface area contributed by atoms with Crippen molar-refractivity contribution in [2.75, 3.05) is 38.4 Å². The summed E-state index contributed by atoms with van der Waals surface area (Å²) in [6, 6.07) is -0.875. The third kappa shape index (κ3) is 10.8. The molecule has 0 saturated carbocycles. The van der Waals surface area contributed by atoms with Crippen molar-refractivity contribution in [3.8, 4) is 0 Å². The zero-order chi connectivity index (χ0) is 14.5. The van der Waals surface area contributed by atoms with E-state index in [1.165, 1.54) is 11.8 Å². The van der Waals surface area contributed by atoms with Gasteiger partial charge in [0, 0.05) is 12.9 Å². The van der Waals surface area contributed by atoms with Crippen molar-refractivity contribution >= 4 is 24.1 Å². The Bertz CT molecular complexity index is 253. The second-order valence-corrected chi connectivity index (χ2v) is 4.91. The minimum Gasteiger partial charge on any atom is -0.480 e. The average Bonchev–Trinajstić information content (AvgIpc) is 2.38. The molecule has 0 aliphatic rings. The average molecular weight is 295 g/mol. The summed E-state index contributed by atoms with van der Waals surface area (Å²) in [5.41, 5.74) is 0. The number of nitrogens with one attached hydrogen (secondary N) is 1. The maximum atomic E-state index is 10.7. The molecule has 0 rings (SSSR count). The fraction of sp³-hybridized carbons (Fsp3) is 0.818. The van der Waals surface area contributed by atoms with Crippen molar-refractivity contribution in [1.82, 2.24) is 5.32 Å². The fourth-order valence-corrected chi connectivity index (χ4v) is 2.13. The van der Waals surface area contributed by atoms with Crippen molar-refractivity contribution < 1.29 is 29.3 Å². The summed E-state index contributed by atoms with van der Waals surface area (Å²) < 4.78 is 9.94. The minimum atomic E-state index is -1.06. The van der Waals surface area contributed by atoms with E-state index in [-0.39, 0.29) is 6.61 Å². The third-order valence-electron chi connectivity index (χ3n) is 2.17. The van der Waals surface area contributed by atoms with E-state index >= 15 is 0 Å². The van der Waals surface area contributed by atoms with Crippen LogP contribution in [-0.4, -0.2) is 73.2 Å². The van der Waals surface area contributed by atoms with Crippen LogP contribution in [0, 0.1) is 0 Å². The van der Waals surface area contributed by atoms with Crippen LogP contribution in [0.5, 0.6) is 0 Å². The van der Waals surface area contributed by atoms with Crippen LogP contribution in [0.25, 0.3) is 0 Å². The van der Waals surface area contributed by atoms with Crippen LogP contribution >= 0.6 is 11.8 Å². The molecule has 2 atom stereocenters. The Kier molecular flexibility index (Phi) is 11.7. The van der Waals surface area contributed by atoms with Gasteiger partial charge in [-0.25, -0.2) is 4.79 Å². The van der Waals surface area contributed by atoms with E-state index in [0.717, 1.165) is 0 Å². The van der Waals surface area contributed by atoms with Gasteiger partial charge in [-0.3, -0.25) is 4.79 Å². The van der Waals surface area contributed by atoms with Crippen LogP contribution in [-0.2, 0) is 19.1 Å². The van der Waals surface area contributed by atoms with Crippen molar-refractivity contribution in [3.63, 3.8) is 0 Å². The lowest BCUT2D eigenvalue weighted by atomic mass is 10.2. The lowest BCUT2D eigenvalue weighted by Crippen LogP contribution is -2.36. The zero-order valence-electron chi connectivity index (χ0n) is 10.9. The zero-order valence-corrected chi connectivity index (χ0v) is 11.7. The Morgan fingerprint density at radius 2 is 2.21 bits per heavy atom. The number of methoxy groups -OCH3 is 1. The Labute approximate surface area is 116 Å². The number of rotatable bonds is 13. The Morgan fingerprint density at radius 1 is 1.47 bits per heavy atom. The molecule has 7 nitrogen and oxygen atoms in total. The molecule has 0 aromatic carbocycles. The molecule has 0 aliphatic carbocycles. The number of hydrogen-bond acceptors (Lipinski definition) is 6. The summed E-state index contributed by atoms with van der Waals surface area (Å²) >= 11 is 1.42. The molecule has 0 aromatic heterocycles. The normalized spacial score (nSPS) is 13.8. The molecule has 0 aromatic rings. The topological polar surface area (TPSA) is 105 Å². The van der Waals surface area contributed by atoms with E-state index in [2.05, 4.69) is 5.32 Å². The van der Waals surface area contributed by atoms with Gasteiger partial charge < -0.3 is 25.0 Å². The van der Waals surface area contributed by atoms with Crippen LogP contribution in [0.15, 0.2) is 0 Å². The van der Waals surface area contributed by atoms with Gasteiger partial charge in [-0.2, -0.15) is 11.8 Å². The Morgan fingerprint density at radius 3 is 2.79 bits per heavy atom. The van der Waals surface area contributed by atoms with Gasteiger partial charge in [0.1, 0.15) is 6.04 Å². The van der Waals surface area contributed by atoms with E-state index < -0.39 is 18.1 Å². The summed E-state index contributed by atoms with van der Waals surface area (Å²) in [6.45, 7) is 1.14. The first-order chi connectivity index (χ1) is 9.11. The number of carboxylic acids is 1. The molecule has 0 heterocycles. The quantitative estimate of drug-likeness (QED) is 0.306. The largest absolute Gasteiger partial charge is 0.480 e. The summed E-state index contributed by atoms with van der Waals surface area (Å²) in [6.07, 6.45) is 0.0990. The molecule has 0 saturated heterocycles. The molecular formula is C11H21NO6S. The number of amides is 1. The van der Waals surface area contributed by atoms with Crippen molar-refractivity contribution in [2.24, 2.45) is 0 Å². The van der Waals surface area contributed by atoms with Crippen molar-refractivity contribution in [3.05, 3.63) is 0 Å². The molecule has 8 heteroatoms. The molecule has 0 aliphatic heterocycles. The van der Waals surface area contributed by atoms with Crippen molar-refractivity contribution in [1.29, 1.82) is 0 Å². The lowest BCUT2D eigenvalue weighted by molar-refractivity contribution is -0.140. The number of hydrogen-bond donors (Lipinski definition) is 3. The van der Waals surface area contributed by atoms with Gasteiger partial charge in [0.05, 0.1) is 25.9 Å². The lowest BCUT2D eigenvalue weighted by Gasteiger charge is -2.13. The van der Waals surface area contributed by atoms with Gasteiger partial charge in [-0.1, -0.05) is 0 Å². The number of thioether (sulfide) groups is 1. The molecule has 0 spiro atoms. The summed E-state index contributed by atoms with van der Waals surface area (Å²) in [4.78, 5) is 20.9. The van der Waals surface area contributed by atoms with Gasteiger partial charge in [-0.15, -0.1) is 0 Å². The number of aliphatic hydroxyl groups excluding tert-OH is 1. The molecule has 3 N–H and O–H groups in total. The maximum absolute atomic E-state index is 10.7. The summed E-state index contributed by atoms with van der Waals surface area (Å²) in [5.74, 6) is -0.0657. The highest BCUT2D eigenvalue weighted by Crippen LogP contribution is 2.07. The van der Waals surface area contributed by atoms with Crippen LogP contribution in [0.4, 0.5) is 0 Å². The van der Waals surface area contributed by atoms with Crippen LogP contribution in [0.2, 0.25) is 0 Å². The van der Waals surface area contributed by atoms with E-state index in [9.17, 15) is 14.7 Å². The summed E-state index contributed by atoms with van der Waals surface area (Å²) in [5, 5.41) is 20.5. The second kappa shape index (κ2) is 12.2. The monoisotopic (exact) mass is 295 g/mol. The van der Waals surface area contributed by atoms with Gasteiger partial charge in [0.25, 0.3) is 0 Å². The van der Waals surface area contributed by atoms with Crippen LogP contribution in [0.1, 0.15) is 6.42 Å². The predicted octanol–water partition coefficient (Wildman–Crippen LogP) is -0.667. The highest BCUT2D eigenvalue weighted by atomic mass is 32.2. The molecule has 2 unspecified atom stereocenters.